The van der Waals surface area contributed by atoms with Gasteiger partial charge in [0.2, 0.25) is 5.78 Å². The molecule has 1 aliphatic carbocycles. The molecular formula is C26H17N3. The Kier molecular flexibility index (Phi) is 2.79. The molecule has 0 unspecified atom stereocenters. The van der Waals surface area contributed by atoms with Gasteiger partial charge in [0, 0.05) is 5.69 Å². The van der Waals surface area contributed by atoms with E-state index in [-0.39, 0.29) is 0 Å². The first-order valence-corrected chi connectivity index (χ1v) is 9.97. The molecule has 0 saturated heterocycles. The summed E-state index contributed by atoms with van der Waals surface area (Å²) in [5.41, 5.74) is 11.2. The van der Waals surface area contributed by atoms with Crippen LogP contribution in [0.5, 0.6) is 0 Å². The van der Waals surface area contributed by atoms with E-state index in [0.717, 1.165) is 28.9 Å². The summed E-state index contributed by atoms with van der Waals surface area (Å²) < 4.78 is 4.59. The van der Waals surface area contributed by atoms with Gasteiger partial charge in [-0.1, -0.05) is 54.6 Å². The fraction of sp³-hybridized carbons (Fsp3) is 0.0385. The molecule has 0 amide bonds. The Morgan fingerprint density at radius 1 is 0.621 bits per heavy atom. The number of hydrogen-bond donors (Lipinski definition) is 0. The van der Waals surface area contributed by atoms with Crippen molar-refractivity contribution >= 4 is 27.8 Å². The molecule has 3 nitrogen and oxygen atoms in total. The first-order valence-electron chi connectivity index (χ1n) is 9.97. The normalized spacial score (nSPS) is 12.7. The zero-order valence-electron chi connectivity index (χ0n) is 15.7. The van der Waals surface area contributed by atoms with Crippen molar-refractivity contribution in [3.05, 3.63) is 102 Å². The largest absolute Gasteiger partial charge is 0.278 e. The highest BCUT2D eigenvalue weighted by Crippen LogP contribution is 2.40. The molecule has 0 radical (unpaired) electrons. The molecule has 2 heterocycles. The molecule has 2 aromatic heterocycles. The number of aromatic nitrogens is 3. The van der Waals surface area contributed by atoms with E-state index in [9.17, 15) is 0 Å². The van der Waals surface area contributed by atoms with Gasteiger partial charge in [-0.25, -0.2) is 4.98 Å². The molecule has 0 atom stereocenters. The fourth-order valence-corrected chi connectivity index (χ4v) is 4.86. The summed E-state index contributed by atoms with van der Waals surface area (Å²) in [5.74, 6) is 0.962. The summed E-state index contributed by atoms with van der Waals surface area (Å²) in [4.78, 5) is 5.00. The van der Waals surface area contributed by atoms with Gasteiger partial charge >= 0.3 is 0 Å². The molecule has 6 aromatic rings. The molecule has 0 bridgehead atoms. The van der Waals surface area contributed by atoms with E-state index in [0.29, 0.717) is 0 Å². The quantitative estimate of drug-likeness (QED) is 0.347. The van der Waals surface area contributed by atoms with Crippen LogP contribution in [0.4, 0.5) is 0 Å². The third-order valence-corrected chi connectivity index (χ3v) is 6.13. The standard InChI is InChI=1S/C26H17N3/c1-2-9-19(10-3-1)28-24-15-18-14-17-8-4-5-11-20(17)21(18)16-25(24)29-23-13-7-6-12-22(23)27-26(28)29/h1-13,15-16H,14H2. The van der Waals surface area contributed by atoms with E-state index in [1.807, 2.05) is 0 Å². The van der Waals surface area contributed by atoms with Crippen LogP contribution in [0.25, 0.3) is 44.7 Å². The van der Waals surface area contributed by atoms with Crippen molar-refractivity contribution < 1.29 is 0 Å². The Morgan fingerprint density at radius 3 is 2.34 bits per heavy atom. The molecule has 4 aromatic carbocycles. The number of benzene rings is 4. The second kappa shape index (κ2) is 5.36. The zero-order valence-corrected chi connectivity index (χ0v) is 15.7. The zero-order chi connectivity index (χ0) is 18.9. The van der Waals surface area contributed by atoms with E-state index in [1.165, 1.54) is 33.3 Å². The van der Waals surface area contributed by atoms with Gasteiger partial charge in [0.1, 0.15) is 0 Å². The highest BCUT2D eigenvalue weighted by molar-refractivity contribution is 5.96. The van der Waals surface area contributed by atoms with E-state index in [4.69, 9.17) is 4.98 Å². The monoisotopic (exact) mass is 371 g/mol. The lowest BCUT2D eigenvalue weighted by molar-refractivity contribution is 1.11. The lowest BCUT2D eigenvalue weighted by Crippen LogP contribution is -1.95. The number of nitrogens with zero attached hydrogens (tertiary/aromatic N) is 3. The maximum atomic E-state index is 5.00. The Bertz CT molecular complexity index is 1570. The minimum atomic E-state index is 0.962. The van der Waals surface area contributed by atoms with Gasteiger partial charge < -0.3 is 0 Å². The summed E-state index contributed by atoms with van der Waals surface area (Å²) in [6.07, 6.45) is 0.991. The van der Waals surface area contributed by atoms with Gasteiger partial charge in [-0.2, -0.15) is 0 Å². The van der Waals surface area contributed by atoms with Crippen LogP contribution in [-0.4, -0.2) is 14.0 Å². The number of hydrogen-bond acceptors (Lipinski definition) is 1. The van der Waals surface area contributed by atoms with Gasteiger partial charge in [-0.15, -0.1) is 0 Å². The van der Waals surface area contributed by atoms with Crippen LogP contribution in [0.3, 0.4) is 0 Å². The van der Waals surface area contributed by atoms with E-state index < -0.39 is 0 Å². The van der Waals surface area contributed by atoms with Crippen LogP contribution < -0.4 is 0 Å². The molecule has 0 N–H and O–H groups in total. The second-order valence-electron chi connectivity index (χ2n) is 7.74. The van der Waals surface area contributed by atoms with Gasteiger partial charge in [-0.3, -0.25) is 8.97 Å². The van der Waals surface area contributed by atoms with Crippen molar-refractivity contribution in [2.45, 2.75) is 6.42 Å². The second-order valence-corrected chi connectivity index (χ2v) is 7.74. The average Bonchev–Trinajstić information content (AvgIpc) is 3.40. The molecule has 136 valence electrons. The highest BCUT2D eigenvalue weighted by Gasteiger charge is 2.23. The van der Waals surface area contributed by atoms with Crippen LogP contribution in [0.1, 0.15) is 11.1 Å². The van der Waals surface area contributed by atoms with Gasteiger partial charge in [0.05, 0.1) is 22.1 Å². The topological polar surface area (TPSA) is 22.2 Å². The van der Waals surface area contributed by atoms with Crippen molar-refractivity contribution in [2.75, 3.05) is 0 Å². The summed E-state index contributed by atoms with van der Waals surface area (Å²) in [5, 5.41) is 0. The highest BCUT2D eigenvalue weighted by atomic mass is 15.2. The maximum Gasteiger partial charge on any atom is 0.220 e. The molecular weight excluding hydrogens is 354 g/mol. The molecule has 7 rings (SSSR count). The van der Waals surface area contributed by atoms with Crippen molar-refractivity contribution in [1.82, 2.24) is 14.0 Å². The molecule has 29 heavy (non-hydrogen) atoms. The number of imidazole rings is 2. The molecule has 1 aliphatic rings. The van der Waals surface area contributed by atoms with Crippen molar-refractivity contribution in [1.29, 1.82) is 0 Å². The number of para-hydroxylation sites is 3. The third kappa shape index (κ3) is 1.94. The molecule has 0 spiro atoms. The van der Waals surface area contributed by atoms with Crippen LogP contribution >= 0.6 is 0 Å². The number of fused-ring (bicyclic) bond motifs is 8. The minimum Gasteiger partial charge on any atom is -0.278 e. The van der Waals surface area contributed by atoms with Crippen LogP contribution in [0, 0.1) is 0 Å². The summed E-state index contributed by atoms with van der Waals surface area (Å²) in [6.45, 7) is 0. The summed E-state index contributed by atoms with van der Waals surface area (Å²) in [6, 6.07) is 32.4. The Labute approximate surface area is 167 Å². The molecule has 3 heteroatoms. The molecule has 0 aliphatic heterocycles. The molecule has 0 fully saturated rings. The number of rotatable bonds is 1. The van der Waals surface area contributed by atoms with Crippen molar-refractivity contribution in [3.63, 3.8) is 0 Å². The predicted octanol–water partition coefficient (Wildman–Crippen LogP) is 6.00. The van der Waals surface area contributed by atoms with Gasteiger partial charge in [-0.05, 0) is 65.1 Å². The summed E-state index contributed by atoms with van der Waals surface area (Å²) >= 11 is 0. The SMILES string of the molecule is c1ccc(-n2c3cc4c(cc3n3c5ccccc5nc23)-c2ccccc2C4)cc1. The first-order chi connectivity index (χ1) is 14.4. The summed E-state index contributed by atoms with van der Waals surface area (Å²) in [7, 11) is 0. The van der Waals surface area contributed by atoms with E-state index >= 15 is 0 Å². The smallest absolute Gasteiger partial charge is 0.220 e. The predicted molar refractivity (Wildman–Crippen MR) is 118 cm³/mol. The van der Waals surface area contributed by atoms with Gasteiger partial charge in [0.15, 0.2) is 0 Å². The minimum absolute atomic E-state index is 0.962. The van der Waals surface area contributed by atoms with Crippen molar-refractivity contribution in [3.8, 4) is 16.8 Å². The maximum absolute atomic E-state index is 5.00. The lowest BCUT2D eigenvalue weighted by Gasteiger charge is -2.07. The van der Waals surface area contributed by atoms with E-state index in [2.05, 4.69) is 100.0 Å². The van der Waals surface area contributed by atoms with Crippen LogP contribution in [0.15, 0.2) is 91.0 Å². The van der Waals surface area contributed by atoms with Gasteiger partial charge in [0.25, 0.3) is 0 Å². The Balaban J connectivity index is 1.68. The fourth-order valence-electron chi connectivity index (χ4n) is 4.86. The lowest BCUT2D eigenvalue weighted by atomic mass is 10.1. The van der Waals surface area contributed by atoms with Crippen LogP contribution in [0.2, 0.25) is 0 Å². The average molecular weight is 371 g/mol. The first kappa shape index (κ1) is 15.1. The molecule has 0 saturated carbocycles. The van der Waals surface area contributed by atoms with Crippen LogP contribution in [-0.2, 0) is 6.42 Å². The Hall–Kier alpha value is -3.85. The Morgan fingerprint density at radius 2 is 1.41 bits per heavy atom. The third-order valence-electron chi connectivity index (χ3n) is 6.13. The van der Waals surface area contributed by atoms with E-state index in [1.54, 1.807) is 0 Å². The van der Waals surface area contributed by atoms with Crippen molar-refractivity contribution in [2.24, 2.45) is 0 Å².